The van der Waals surface area contributed by atoms with E-state index in [-0.39, 0.29) is 5.56 Å². The molecule has 4 aromatic rings. The quantitative estimate of drug-likeness (QED) is 0.525. The number of hydrogen-bond acceptors (Lipinski definition) is 5. The lowest BCUT2D eigenvalue weighted by molar-refractivity contribution is 0.367. The van der Waals surface area contributed by atoms with Crippen LogP contribution in [0.15, 0.2) is 60.3 Å². The number of aryl methyl sites for hydroxylation is 1. The summed E-state index contributed by atoms with van der Waals surface area (Å²) in [6.07, 6.45) is 4.92. The van der Waals surface area contributed by atoms with Crippen molar-refractivity contribution in [1.29, 1.82) is 0 Å². The zero-order valence-electron chi connectivity index (χ0n) is 13.6. The van der Waals surface area contributed by atoms with Crippen LogP contribution >= 0.6 is 11.3 Å². The summed E-state index contributed by atoms with van der Waals surface area (Å²) in [4.78, 5) is 22.6. The Morgan fingerprint density at radius 3 is 2.80 bits per heavy atom. The van der Waals surface area contributed by atoms with E-state index in [1.54, 1.807) is 29.2 Å². The molecule has 4 rings (SSSR count). The molecule has 0 amide bonds. The highest BCUT2D eigenvalue weighted by atomic mass is 32.1. The highest BCUT2D eigenvalue weighted by Crippen LogP contribution is 2.35. The second-order valence-corrected chi connectivity index (χ2v) is 6.62. The lowest BCUT2D eigenvalue weighted by Crippen LogP contribution is -2.17. The molecule has 0 saturated heterocycles. The minimum absolute atomic E-state index is 0.105. The third kappa shape index (κ3) is 2.60. The van der Waals surface area contributed by atoms with Crippen molar-refractivity contribution in [3.63, 3.8) is 0 Å². The van der Waals surface area contributed by atoms with E-state index in [2.05, 4.69) is 16.5 Å². The van der Waals surface area contributed by atoms with Crippen molar-refractivity contribution < 1.29 is 4.74 Å². The van der Waals surface area contributed by atoms with E-state index in [0.29, 0.717) is 22.6 Å². The zero-order valence-corrected chi connectivity index (χ0v) is 14.4. The standard InChI is InChI=1S/C19H15N3O2S/c1-3-10-24-14-8-9-20-18-15(14)16-17(25-18)19(23)22(11-21-16)13-6-4-12(2)5-7-13/h3-9,11H,1,10H2,2H3. The molecule has 0 aliphatic heterocycles. The number of benzene rings is 1. The van der Waals surface area contributed by atoms with Crippen molar-refractivity contribution in [2.75, 3.05) is 6.61 Å². The molecule has 0 saturated carbocycles. The van der Waals surface area contributed by atoms with Crippen LogP contribution in [-0.2, 0) is 0 Å². The maximum absolute atomic E-state index is 13.0. The molecular weight excluding hydrogens is 334 g/mol. The van der Waals surface area contributed by atoms with Crippen LogP contribution in [0, 0.1) is 6.92 Å². The fourth-order valence-corrected chi connectivity index (χ4v) is 3.73. The molecule has 0 aliphatic rings. The molecule has 3 aromatic heterocycles. The van der Waals surface area contributed by atoms with Gasteiger partial charge >= 0.3 is 0 Å². The molecule has 0 spiro atoms. The van der Waals surface area contributed by atoms with Crippen LogP contribution in [0.3, 0.4) is 0 Å². The van der Waals surface area contributed by atoms with E-state index in [1.807, 2.05) is 31.2 Å². The summed E-state index contributed by atoms with van der Waals surface area (Å²) in [5, 5.41) is 0.775. The summed E-state index contributed by atoms with van der Waals surface area (Å²) in [6.45, 7) is 6.06. The second-order valence-electron chi connectivity index (χ2n) is 5.62. The molecule has 0 atom stereocenters. The smallest absolute Gasteiger partial charge is 0.275 e. The average molecular weight is 349 g/mol. The molecule has 1 aromatic carbocycles. The van der Waals surface area contributed by atoms with Crippen LogP contribution < -0.4 is 10.3 Å². The fourth-order valence-electron chi connectivity index (χ4n) is 2.68. The van der Waals surface area contributed by atoms with Gasteiger partial charge < -0.3 is 4.74 Å². The van der Waals surface area contributed by atoms with Crippen molar-refractivity contribution in [1.82, 2.24) is 14.5 Å². The van der Waals surface area contributed by atoms with Crippen LogP contribution in [0.4, 0.5) is 0 Å². The van der Waals surface area contributed by atoms with Gasteiger partial charge in [0.2, 0.25) is 0 Å². The number of pyridine rings is 1. The largest absolute Gasteiger partial charge is 0.489 e. The molecule has 0 fully saturated rings. The van der Waals surface area contributed by atoms with Gasteiger partial charge in [0, 0.05) is 6.20 Å². The van der Waals surface area contributed by atoms with E-state index >= 15 is 0 Å². The topological polar surface area (TPSA) is 57.0 Å². The van der Waals surface area contributed by atoms with Crippen LogP contribution in [0.25, 0.3) is 26.1 Å². The van der Waals surface area contributed by atoms with Gasteiger partial charge in [-0.2, -0.15) is 0 Å². The van der Waals surface area contributed by atoms with Crippen molar-refractivity contribution in [3.05, 3.63) is 71.4 Å². The van der Waals surface area contributed by atoms with Gasteiger partial charge in [-0.05, 0) is 25.1 Å². The van der Waals surface area contributed by atoms with Gasteiger partial charge in [-0.25, -0.2) is 9.97 Å². The first-order valence-electron chi connectivity index (χ1n) is 7.78. The van der Waals surface area contributed by atoms with E-state index in [0.717, 1.165) is 21.5 Å². The summed E-state index contributed by atoms with van der Waals surface area (Å²) in [5.41, 5.74) is 2.45. The molecule has 5 nitrogen and oxygen atoms in total. The summed E-state index contributed by atoms with van der Waals surface area (Å²) in [7, 11) is 0. The molecule has 6 heteroatoms. The number of nitrogens with zero attached hydrogens (tertiary/aromatic N) is 3. The maximum Gasteiger partial charge on any atom is 0.275 e. The average Bonchev–Trinajstić information content (AvgIpc) is 3.01. The van der Waals surface area contributed by atoms with Crippen molar-refractivity contribution in [2.24, 2.45) is 0 Å². The maximum atomic E-state index is 13.0. The first-order chi connectivity index (χ1) is 12.2. The van der Waals surface area contributed by atoms with Gasteiger partial charge in [0.15, 0.2) is 0 Å². The molecular formula is C19H15N3O2S. The Labute approximate surface area is 147 Å². The Balaban J connectivity index is 1.96. The lowest BCUT2D eigenvalue weighted by Gasteiger charge is -2.06. The predicted molar refractivity (Wildman–Crippen MR) is 101 cm³/mol. The highest BCUT2D eigenvalue weighted by Gasteiger charge is 2.16. The molecule has 0 aliphatic carbocycles. The highest BCUT2D eigenvalue weighted by molar-refractivity contribution is 7.25. The number of ether oxygens (including phenoxy) is 1. The van der Waals surface area contributed by atoms with Gasteiger partial charge in [0.05, 0.1) is 11.1 Å². The first kappa shape index (κ1) is 15.5. The number of rotatable bonds is 4. The van der Waals surface area contributed by atoms with Gasteiger partial charge in [0.1, 0.15) is 33.7 Å². The summed E-state index contributed by atoms with van der Waals surface area (Å²) in [5.74, 6) is 0.663. The van der Waals surface area contributed by atoms with E-state index in [1.165, 1.54) is 11.3 Å². The Hall–Kier alpha value is -2.99. The molecule has 0 bridgehead atoms. The third-order valence-corrected chi connectivity index (χ3v) is 4.99. The van der Waals surface area contributed by atoms with Crippen LogP contribution in [0.1, 0.15) is 5.56 Å². The van der Waals surface area contributed by atoms with Gasteiger partial charge in [-0.1, -0.05) is 30.4 Å². The Morgan fingerprint density at radius 1 is 1.24 bits per heavy atom. The third-order valence-electron chi connectivity index (χ3n) is 3.91. The summed E-state index contributed by atoms with van der Waals surface area (Å²) >= 11 is 1.34. The minimum atomic E-state index is -0.105. The van der Waals surface area contributed by atoms with Crippen LogP contribution in [0.2, 0.25) is 0 Å². The van der Waals surface area contributed by atoms with Crippen LogP contribution in [-0.4, -0.2) is 21.1 Å². The summed E-state index contributed by atoms with van der Waals surface area (Å²) < 4.78 is 7.83. The van der Waals surface area contributed by atoms with E-state index in [9.17, 15) is 4.79 Å². The second kappa shape index (κ2) is 6.14. The molecule has 0 unspecified atom stereocenters. The Morgan fingerprint density at radius 2 is 2.04 bits per heavy atom. The number of fused-ring (bicyclic) bond motifs is 3. The monoisotopic (exact) mass is 349 g/mol. The van der Waals surface area contributed by atoms with Gasteiger partial charge in [0.25, 0.3) is 5.56 Å². The van der Waals surface area contributed by atoms with Crippen molar-refractivity contribution in [3.8, 4) is 11.4 Å². The number of hydrogen-bond donors (Lipinski definition) is 0. The molecule has 25 heavy (non-hydrogen) atoms. The normalized spacial score (nSPS) is 11.1. The SMILES string of the molecule is C=CCOc1ccnc2sc3c(=O)n(-c4ccc(C)cc4)cnc3c12. The molecule has 0 N–H and O–H groups in total. The summed E-state index contributed by atoms with van der Waals surface area (Å²) in [6, 6.07) is 9.55. The first-order valence-corrected chi connectivity index (χ1v) is 8.60. The van der Waals surface area contributed by atoms with E-state index < -0.39 is 0 Å². The number of thiophene rings is 1. The van der Waals surface area contributed by atoms with Crippen molar-refractivity contribution >= 4 is 31.8 Å². The molecule has 0 radical (unpaired) electrons. The fraction of sp³-hybridized carbons (Fsp3) is 0.105. The van der Waals surface area contributed by atoms with Crippen LogP contribution in [0.5, 0.6) is 5.75 Å². The van der Waals surface area contributed by atoms with E-state index in [4.69, 9.17) is 4.74 Å². The van der Waals surface area contributed by atoms with Gasteiger partial charge in [-0.3, -0.25) is 9.36 Å². The van der Waals surface area contributed by atoms with Crippen molar-refractivity contribution in [2.45, 2.75) is 6.92 Å². The molecule has 3 heterocycles. The Kier molecular flexibility index (Phi) is 3.82. The predicted octanol–water partition coefficient (Wildman–Crippen LogP) is 3.87. The Bertz CT molecular complexity index is 1140. The zero-order chi connectivity index (χ0) is 17.4. The lowest BCUT2D eigenvalue weighted by atomic mass is 10.2. The van der Waals surface area contributed by atoms with Gasteiger partial charge in [-0.15, -0.1) is 11.3 Å². The molecule has 124 valence electrons. The number of aromatic nitrogens is 3. The minimum Gasteiger partial charge on any atom is -0.489 e.